The maximum atomic E-state index is 14.5. The highest BCUT2D eigenvalue weighted by Gasteiger charge is 2.39. The summed E-state index contributed by atoms with van der Waals surface area (Å²) >= 11 is 0. The molecule has 0 bridgehead atoms. The van der Waals surface area contributed by atoms with Gasteiger partial charge in [-0.3, -0.25) is 4.79 Å². The molecule has 1 aromatic carbocycles. The number of halogens is 3. The van der Waals surface area contributed by atoms with E-state index in [1.165, 1.54) is 34.2 Å². The van der Waals surface area contributed by atoms with Gasteiger partial charge in [0.15, 0.2) is 0 Å². The van der Waals surface area contributed by atoms with Crippen LogP contribution in [0.5, 0.6) is 0 Å². The summed E-state index contributed by atoms with van der Waals surface area (Å²) in [7, 11) is 0. The second-order valence-electron chi connectivity index (χ2n) is 8.60. The van der Waals surface area contributed by atoms with Gasteiger partial charge in [0.1, 0.15) is 17.5 Å². The molecule has 0 atom stereocenters. The molecule has 1 fully saturated rings. The number of amides is 1. The standard InChI is InChI=1S/C23H22F3N9O/c1-13-32-20(21(36)29-10-16-6-15-2-4-28-19(27)17(15)7-18(16)24)33-35(13)11-14-8-30-22(31-9-14)34-5-3-23(25,26)12-34/h2,4,6-9H,3,5,10-12H2,1H3,(H2,27,28)(H,29,36). The monoisotopic (exact) mass is 497 g/mol. The molecule has 0 spiro atoms. The zero-order chi connectivity index (χ0) is 25.4. The number of aromatic nitrogens is 6. The van der Waals surface area contributed by atoms with E-state index in [4.69, 9.17) is 5.73 Å². The first-order valence-electron chi connectivity index (χ1n) is 11.1. The van der Waals surface area contributed by atoms with Crippen LogP contribution in [0.25, 0.3) is 10.8 Å². The van der Waals surface area contributed by atoms with Crippen LogP contribution >= 0.6 is 0 Å². The van der Waals surface area contributed by atoms with Crippen LogP contribution in [0.15, 0.2) is 36.8 Å². The fourth-order valence-corrected chi connectivity index (χ4v) is 3.99. The lowest BCUT2D eigenvalue weighted by atomic mass is 10.1. The Bertz CT molecular complexity index is 1440. The first-order valence-corrected chi connectivity index (χ1v) is 11.1. The number of hydrogen-bond donors (Lipinski definition) is 2. The van der Waals surface area contributed by atoms with Crippen LogP contribution in [0.3, 0.4) is 0 Å². The number of carbonyl (C=O) groups excluding carboxylic acids is 1. The zero-order valence-corrected chi connectivity index (χ0v) is 19.2. The highest BCUT2D eigenvalue weighted by Crippen LogP contribution is 2.29. The quantitative estimate of drug-likeness (QED) is 0.416. The zero-order valence-electron chi connectivity index (χ0n) is 19.2. The van der Waals surface area contributed by atoms with Crippen LogP contribution in [0.1, 0.15) is 34.0 Å². The molecule has 4 aromatic rings. The van der Waals surface area contributed by atoms with E-state index < -0.39 is 24.2 Å². The van der Waals surface area contributed by atoms with Crippen LogP contribution in [0, 0.1) is 12.7 Å². The summed E-state index contributed by atoms with van der Waals surface area (Å²) < 4.78 is 42.9. The van der Waals surface area contributed by atoms with Gasteiger partial charge in [-0.15, -0.1) is 5.10 Å². The number of nitrogen functional groups attached to an aromatic ring is 1. The average Bonchev–Trinajstić information content (AvgIpc) is 3.40. The minimum absolute atomic E-state index is 0.0682. The van der Waals surface area contributed by atoms with Gasteiger partial charge in [0.25, 0.3) is 11.8 Å². The molecule has 10 nitrogen and oxygen atoms in total. The van der Waals surface area contributed by atoms with Crippen molar-refractivity contribution in [1.82, 2.24) is 35.0 Å². The molecule has 5 rings (SSSR count). The van der Waals surface area contributed by atoms with Gasteiger partial charge in [0, 0.05) is 54.6 Å². The molecule has 0 unspecified atom stereocenters. The van der Waals surface area contributed by atoms with Crippen molar-refractivity contribution in [2.24, 2.45) is 0 Å². The molecule has 186 valence electrons. The predicted molar refractivity (Wildman–Crippen MR) is 125 cm³/mol. The molecule has 1 aliphatic heterocycles. The first kappa shape index (κ1) is 23.5. The summed E-state index contributed by atoms with van der Waals surface area (Å²) in [6.45, 7) is 1.65. The molecular formula is C23H22F3N9O. The Morgan fingerprint density at radius 3 is 2.72 bits per heavy atom. The third kappa shape index (κ3) is 4.76. The Balaban J connectivity index is 1.23. The van der Waals surface area contributed by atoms with Gasteiger partial charge in [-0.05, 0) is 30.5 Å². The van der Waals surface area contributed by atoms with Crippen molar-refractivity contribution < 1.29 is 18.0 Å². The van der Waals surface area contributed by atoms with Crippen molar-refractivity contribution in [3.63, 3.8) is 0 Å². The number of pyridine rings is 1. The van der Waals surface area contributed by atoms with E-state index in [0.29, 0.717) is 22.2 Å². The van der Waals surface area contributed by atoms with E-state index in [2.05, 4.69) is 30.4 Å². The fraction of sp³-hybridized carbons (Fsp3) is 0.304. The summed E-state index contributed by atoms with van der Waals surface area (Å²) in [6.07, 6.45) is 4.37. The number of benzene rings is 1. The lowest BCUT2D eigenvalue weighted by Gasteiger charge is -2.15. The van der Waals surface area contributed by atoms with Gasteiger partial charge in [0.2, 0.25) is 11.8 Å². The SMILES string of the molecule is Cc1nc(C(=O)NCc2cc3ccnc(N)c3cc2F)nn1Cc1cnc(N2CCC(F)(F)C2)nc1. The molecule has 4 heterocycles. The number of rotatable bonds is 6. The molecule has 1 saturated heterocycles. The van der Waals surface area contributed by atoms with Gasteiger partial charge in [0.05, 0.1) is 13.1 Å². The third-order valence-electron chi connectivity index (χ3n) is 5.94. The van der Waals surface area contributed by atoms with Crippen molar-refractivity contribution >= 4 is 28.4 Å². The van der Waals surface area contributed by atoms with E-state index in [-0.39, 0.29) is 49.2 Å². The lowest BCUT2D eigenvalue weighted by molar-refractivity contribution is 0.0256. The molecule has 13 heteroatoms. The van der Waals surface area contributed by atoms with Crippen LogP contribution in [-0.4, -0.2) is 54.6 Å². The summed E-state index contributed by atoms with van der Waals surface area (Å²) in [6, 6.07) is 4.60. The smallest absolute Gasteiger partial charge is 0.291 e. The van der Waals surface area contributed by atoms with E-state index in [1.807, 2.05) is 0 Å². The molecular weight excluding hydrogens is 475 g/mol. The van der Waals surface area contributed by atoms with Crippen LogP contribution < -0.4 is 16.0 Å². The van der Waals surface area contributed by atoms with Crippen molar-refractivity contribution in [2.45, 2.75) is 32.4 Å². The van der Waals surface area contributed by atoms with Crippen molar-refractivity contribution in [1.29, 1.82) is 0 Å². The summed E-state index contributed by atoms with van der Waals surface area (Å²) in [4.78, 5) is 30.6. The number of alkyl halides is 2. The number of nitrogens with two attached hydrogens (primary N) is 1. The fourth-order valence-electron chi connectivity index (χ4n) is 3.99. The first-order chi connectivity index (χ1) is 17.2. The summed E-state index contributed by atoms with van der Waals surface area (Å²) in [5.74, 6) is -2.94. The predicted octanol–water partition coefficient (Wildman–Crippen LogP) is 2.47. The van der Waals surface area contributed by atoms with Gasteiger partial charge in [-0.25, -0.2) is 37.8 Å². The molecule has 1 aliphatic rings. The molecule has 0 radical (unpaired) electrons. The number of aryl methyl sites for hydroxylation is 1. The van der Waals surface area contributed by atoms with Crippen LogP contribution in [-0.2, 0) is 13.1 Å². The van der Waals surface area contributed by atoms with E-state index in [1.54, 1.807) is 19.1 Å². The summed E-state index contributed by atoms with van der Waals surface area (Å²) in [5, 5.41) is 8.06. The van der Waals surface area contributed by atoms with Gasteiger partial charge < -0.3 is 16.0 Å². The van der Waals surface area contributed by atoms with Crippen LogP contribution in [0.2, 0.25) is 0 Å². The van der Waals surface area contributed by atoms with Crippen molar-refractivity contribution in [3.8, 4) is 0 Å². The van der Waals surface area contributed by atoms with E-state index >= 15 is 0 Å². The van der Waals surface area contributed by atoms with Crippen molar-refractivity contribution in [3.05, 3.63) is 65.4 Å². The van der Waals surface area contributed by atoms with Gasteiger partial charge >= 0.3 is 0 Å². The highest BCUT2D eigenvalue weighted by atomic mass is 19.3. The Hall–Kier alpha value is -4.29. The lowest BCUT2D eigenvalue weighted by Crippen LogP contribution is -2.26. The van der Waals surface area contributed by atoms with Crippen molar-refractivity contribution in [2.75, 3.05) is 23.7 Å². The highest BCUT2D eigenvalue weighted by molar-refractivity contribution is 5.92. The Labute approximate surface area is 203 Å². The maximum absolute atomic E-state index is 14.5. The normalized spacial score (nSPS) is 14.9. The molecule has 1 amide bonds. The van der Waals surface area contributed by atoms with Gasteiger partial charge in [-0.1, -0.05) is 0 Å². The molecule has 0 aliphatic carbocycles. The number of hydrogen-bond acceptors (Lipinski definition) is 8. The number of nitrogens with zero attached hydrogens (tertiary/aromatic N) is 7. The van der Waals surface area contributed by atoms with E-state index in [0.717, 1.165) is 0 Å². The summed E-state index contributed by atoms with van der Waals surface area (Å²) in [5.41, 5.74) is 6.73. The number of fused-ring (bicyclic) bond motifs is 1. The Morgan fingerprint density at radius 2 is 2.00 bits per heavy atom. The van der Waals surface area contributed by atoms with Crippen LogP contribution in [0.4, 0.5) is 24.9 Å². The van der Waals surface area contributed by atoms with E-state index in [9.17, 15) is 18.0 Å². The topological polar surface area (TPSA) is 128 Å². The average molecular weight is 497 g/mol. The Kier molecular flexibility index (Phi) is 5.90. The number of nitrogens with one attached hydrogen (secondary N) is 1. The largest absolute Gasteiger partial charge is 0.383 e. The molecule has 3 aromatic heterocycles. The van der Waals surface area contributed by atoms with Gasteiger partial charge in [-0.2, -0.15) is 0 Å². The minimum Gasteiger partial charge on any atom is -0.383 e. The second-order valence-corrected chi connectivity index (χ2v) is 8.60. The molecule has 3 N–H and O–H groups in total. The second kappa shape index (κ2) is 9.06. The number of anilines is 2. The Morgan fingerprint density at radius 1 is 1.22 bits per heavy atom. The molecule has 36 heavy (non-hydrogen) atoms. The minimum atomic E-state index is -2.73. The maximum Gasteiger partial charge on any atom is 0.291 e. The third-order valence-corrected chi connectivity index (χ3v) is 5.94. The molecule has 0 saturated carbocycles. The number of carbonyl (C=O) groups is 1.